The van der Waals surface area contributed by atoms with Gasteiger partial charge in [0.25, 0.3) is 5.91 Å². The van der Waals surface area contributed by atoms with Gasteiger partial charge in [0.05, 0.1) is 35.9 Å². The third kappa shape index (κ3) is 2.87. The first-order chi connectivity index (χ1) is 9.51. The van der Waals surface area contributed by atoms with Gasteiger partial charge in [0, 0.05) is 6.20 Å². The molecule has 0 aliphatic carbocycles. The van der Waals surface area contributed by atoms with E-state index in [1.54, 1.807) is 13.8 Å². The molecular weight excluding hydrogens is 263 g/mol. The number of aromatic nitrogens is 3. The number of anilines is 1. The van der Waals surface area contributed by atoms with Crippen LogP contribution in [0.1, 0.15) is 21.7 Å². The average molecular weight is 276 g/mol. The Hall–Kier alpha value is -2.57. The predicted molar refractivity (Wildman–Crippen MR) is 70.2 cm³/mol. The fraction of sp³-hybridized carbons (Fsp3) is 0.231. The van der Waals surface area contributed by atoms with Crippen molar-refractivity contribution in [3.63, 3.8) is 0 Å². The predicted octanol–water partition coefficient (Wildman–Crippen LogP) is 1.89. The van der Waals surface area contributed by atoms with Crippen molar-refractivity contribution < 1.29 is 13.9 Å². The second-order valence-corrected chi connectivity index (χ2v) is 4.10. The van der Waals surface area contributed by atoms with E-state index in [0.717, 1.165) is 12.3 Å². The molecule has 1 N–H and O–H groups in total. The lowest BCUT2D eigenvalue weighted by molar-refractivity contribution is 0.102. The van der Waals surface area contributed by atoms with Crippen LogP contribution in [-0.2, 0) is 0 Å². The van der Waals surface area contributed by atoms with Gasteiger partial charge in [-0.1, -0.05) is 0 Å². The van der Waals surface area contributed by atoms with Gasteiger partial charge in [0.1, 0.15) is 5.82 Å². The average Bonchev–Trinajstić information content (AvgIpc) is 2.42. The van der Waals surface area contributed by atoms with Gasteiger partial charge in [0.15, 0.2) is 0 Å². The Morgan fingerprint density at radius 2 is 1.90 bits per heavy atom. The van der Waals surface area contributed by atoms with Crippen molar-refractivity contribution in [2.24, 2.45) is 0 Å². The summed E-state index contributed by atoms with van der Waals surface area (Å²) in [4.78, 5) is 23.8. The molecule has 2 aromatic rings. The number of amides is 1. The number of nitrogens with zero attached hydrogens (tertiary/aromatic N) is 3. The van der Waals surface area contributed by atoms with Gasteiger partial charge < -0.3 is 10.1 Å². The Balaban J connectivity index is 2.28. The molecule has 0 aromatic carbocycles. The summed E-state index contributed by atoms with van der Waals surface area (Å²) < 4.78 is 18.0. The molecule has 0 unspecified atom stereocenters. The number of halogens is 1. The number of hydrogen-bond acceptors (Lipinski definition) is 5. The molecule has 0 aliphatic heterocycles. The number of rotatable bonds is 3. The van der Waals surface area contributed by atoms with Crippen LogP contribution in [0.15, 0.2) is 18.5 Å². The smallest absolute Gasteiger partial charge is 0.316 e. The minimum absolute atomic E-state index is 0.125. The molecule has 2 aromatic heterocycles. The summed E-state index contributed by atoms with van der Waals surface area (Å²) in [6.45, 7) is 3.44. The van der Waals surface area contributed by atoms with Crippen LogP contribution in [0.4, 0.5) is 10.1 Å². The Labute approximate surface area is 115 Å². The summed E-state index contributed by atoms with van der Waals surface area (Å²) in [6.07, 6.45) is 2.32. The quantitative estimate of drug-likeness (QED) is 0.926. The summed E-state index contributed by atoms with van der Waals surface area (Å²) in [5.41, 5.74) is 1.72. The molecule has 0 saturated heterocycles. The van der Waals surface area contributed by atoms with E-state index in [-0.39, 0.29) is 11.6 Å². The lowest BCUT2D eigenvalue weighted by Gasteiger charge is -2.11. The monoisotopic (exact) mass is 276 g/mol. The fourth-order valence-corrected chi connectivity index (χ4v) is 1.68. The molecule has 7 heteroatoms. The van der Waals surface area contributed by atoms with E-state index in [1.807, 2.05) is 0 Å². The van der Waals surface area contributed by atoms with E-state index in [0.29, 0.717) is 17.1 Å². The minimum Gasteiger partial charge on any atom is -0.467 e. The van der Waals surface area contributed by atoms with Crippen LogP contribution in [0.3, 0.4) is 0 Å². The summed E-state index contributed by atoms with van der Waals surface area (Å²) in [6, 6.07) is 1.34. The Morgan fingerprint density at radius 1 is 1.25 bits per heavy atom. The number of carbonyl (C=O) groups excluding carboxylic acids is 1. The highest BCUT2D eigenvalue weighted by Crippen LogP contribution is 2.20. The van der Waals surface area contributed by atoms with Gasteiger partial charge in [-0.15, -0.1) is 0 Å². The number of nitrogens with one attached hydrogen (secondary N) is 1. The maximum absolute atomic E-state index is 13.0. The van der Waals surface area contributed by atoms with Gasteiger partial charge in [-0.2, -0.15) is 9.97 Å². The van der Waals surface area contributed by atoms with E-state index in [4.69, 9.17) is 4.74 Å². The third-order valence-corrected chi connectivity index (χ3v) is 2.64. The van der Waals surface area contributed by atoms with Crippen molar-refractivity contribution in [2.45, 2.75) is 13.8 Å². The van der Waals surface area contributed by atoms with Crippen LogP contribution in [0.2, 0.25) is 0 Å². The number of pyridine rings is 1. The molecule has 0 spiro atoms. The first kappa shape index (κ1) is 13.9. The number of carbonyl (C=O) groups is 1. The second kappa shape index (κ2) is 5.60. The van der Waals surface area contributed by atoms with E-state index < -0.39 is 11.7 Å². The summed E-state index contributed by atoms with van der Waals surface area (Å²) in [7, 11) is 1.46. The second-order valence-electron chi connectivity index (χ2n) is 4.10. The van der Waals surface area contributed by atoms with E-state index in [1.165, 1.54) is 13.3 Å². The highest BCUT2D eigenvalue weighted by Gasteiger charge is 2.14. The van der Waals surface area contributed by atoms with Crippen molar-refractivity contribution in [3.8, 4) is 6.01 Å². The lowest BCUT2D eigenvalue weighted by Crippen LogP contribution is -2.15. The molecule has 0 aliphatic rings. The summed E-state index contributed by atoms with van der Waals surface area (Å²) >= 11 is 0. The normalized spacial score (nSPS) is 10.2. The fourth-order valence-electron chi connectivity index (χ4n) is 1.68. The molecular formula is C13H13FN4O2. The highest BCUT2D eigenvalue weighted by atomic mass is 19.1. The molecule has 20 heavy (non-hydrogen) atoms. The van der Waals surface area contributed by atoms with Crippen molar-refractivity contribution in [1.29, 1.82) is 0 Å². The topological polar surface area (TPSA) is 77.0 Å². The maximum Gasteiger partial charge on any atom is 0.316 e. The lowest BCUT2D eigenvalue weighted by atomic mass is 10.2. The molecule has 0 saturated carbocycles. The molecule has 0 bridgehead atoms. The van der Waals surface area contributed by atoms with Gasteiger partial charge in [0.2, 0.25) is 0 Å². The van der Waals surface area contributed by atoms with E-state index >= 15 is 0 Å². The first-order valence-electron chi connectivity index (χ1n) is 5.82. The molecule has 0 fully saturated rings. The molecule has 2 heterocycles. The van der Waals surface area contributed by atoms with Crippen molar-refractivity contribution in [2.75, 3.05) is 12.4 Å². The SMILES string of the molecule is COc1nc(C)c(NC(=O)c2cncc(F)c2)c(C)n1. The van der Waals surface area contributed by atoms with Gasteiger partial charge in [-0.25, -0.2) is 4.39 Å². The summed E-state index contributed by atoms with van der Waals surface area (Å²) in [5.74, 6) is -1.05. The minimum atomic E-state index is -0.572. The van der Waals surface area contributed by atoms with Crippen molar-refractivity contribution in [3.05, 3.63) is 41.2 Å². The van der Waals surface area contributed by atoms with Crippen LogP contribution < -0.4 is 10.1 Å². The molecule has 0 radical (unpaired) electrons. The number of aryl methyl sites for hydroxylation is 2. The van der Waals surface area contributed by atoms with Crippen LogP contribution in [0, 0.1) is 19.7 Å². The zero-order chi connectivity index (χ0) is 14.7. The number of hydrogen-bond donors (Lipinski definition) is 1. The van der Waals surface area contributed by atoms with E-state index in [9.17, 15) is 9.18 Å². The zero-order valence-electron chi connectivity index (χ0n) is 11.3. The van der Waals surface area contributed by atoms with Crippen LogP contribution >= 0.6 is 0 Å². The van der Waals surface area contributed by atoms with Crippen LogP contribution in [-0.4, -0.2) is 28.0 Å². The van der Waals surface area contributed by atoms with Gasteiger partial charge >= 0.3 is 6.01 Å². The van der Waals surface area contributed by atoms with Crippen molar-refractivity contribution in [1.82, 2.24) is 15.0 Å². The Bertz CT molecular complexity index is 638. The number of ether oxygens (including phenoxy) is 1. The number of methoxy groups -OCH3 is 1. The Morgan fingerprint density at radius 3 is 2.45 bits per heavy atom. The van der Waals surface area contributed by atoms with Gasteiger partial charge in [-0.3, -0.25) is 9.78 Å². The van der Waals surface area contributed by atoms with Gasteiger partial charge in [-0.05, 0) is 19.9 Å². The summed E-state index contributed by atoms with van der Waals surface area (Å²) in [5, 5.41) is 2.65. The molecule has 104 valence electrons. The van der Waals surface area contributed by atoms with Crippen molar-refractivity contribution >= 4 is 11.6 Å². The largest absolute Gasteiger partial charge is 0.467 e. The molecule has 6 nitrogen and oxygen atoms in total. The van der Waals surface area contributed by atoms with Crippen LogP contribution in [0.5, 0.6) is 6.01 Å². The Kier molecular flexibility index (Phi) is 3.88. The zero-order valence-corrected chi connectivity index (χ0v) is 11.3. The molecule has 2 rings (SSSR count). The first-order valence-corrected chi connectivity index (χ1v) is 5.82. The molecule has 1 amide bonds. The molecule has 0 atom stereocenters. The van der Waals surface area contributed by atoms with E-state index in [2.05, 4.69) is 20.3 Å². The maximum atomic E-state index is 13.0. The third-order valence-electron chi connectivity index (χ3n) is 2.64. The van der Waals surface area contributed by atoms with Crippen LogP contribution in [0.25, 0.3) is 0 Å². The highest BCUT2D eigenvalue weighted by molar-refractivity contribution is 6.04. The standard InChI is InChI=1S/C13H13FN4O2/c1-7-11(8(2)17-13(16-7)20-3)18-12(19)9-4-10(14)6-15-5-9/h4-6H,1-3H3,(H,18,19).